The smallest absolute Gasteiger partial charge is 0.253 e. The van der Waals surface area contributed by atoms with Gasteiger partial charge in [0.05, 0.1) is 17.4 Å². The fourth-order valence-corrected chi connectivity index (χ4v) is 4.43. The zero-order chi connectivity index (χ0) is 18.6. The van der Waals surface area contributed by atoms with Crippen LogP contribution in [0.2, 0.25) is 0 Å². The molecule has 0 N–H and O–H groups in total. The summed E-state index contributed by atoms with van der Waals surface area (Å²) in [5.41, 5.74) is 1.76. The average Bonchev–Trinajstić information content (AvgIpc) is 2.68. The van der Waals surface area contributed by atoms with E-state index in [1.807, 2.05) is 24.3 Å². The van der Waals surface area contributed by atoms with E-state index < -0.39 is 10.0 Å². The second-order valence-corrected chi connectivity index (χ2v) is 8.09. The van der Waals surface area contributed by atoms with Crippen molar-refractivity contribution in [3.05, 3.63) is 71.3 Å². The third-order valence-corrected chi connectivity index (χ3v) is 6.22. The summed E-state index contributed by atoms with van der Waals surface area (Å²) in [6.45, 7) is 1.29. The summed E-state index contributed by atoms with van der Waals surface area (Å²) in [6.07, 6.45) is 0. The number of rotatable bonds is 4. The lowest BCUT2D eigenvalue weighted by Crippen LogP contribution is -2.50. The summed E-state index contributed by atoms with van der Waals surface area (Å²) in [4.78, 5) is 14.2. The van der Waals surface area contributed by atoms with E-state index in [-0.39, 0.29) is 24.7 Å². The fourth-order valence-electron chi connectivity index (χ4n) is 2.92. The van der Waals surface area contributed by atoms with Crippen molar-refractivity contribution in [2.75, 3.05) is 26.2 Å². The number of sulfonamides is 1. The van der Waals surface area contributed by atoms with Crippen LogP contribution in [0.25, 0.3) is 0 Å². The molecule has 0 atom stereocenters. The van der Waals surface area contributed by atoms with Crippen molar-refractivity contribution < 1.29 is 13.2 Å². The van der Waals surface area contributed by atoms with E-state index in [9.17, 15) is 13.2 Å². The standard InChI is InChI=1S/C19H19N3O3S/c20-14-16-6-8-18(9-7-16)19(23)21-10-12-22(13-11-21)26(24,25)15-17-4-2-1-3-5-17/h1-9H,10-13,15H2. The van der Waals surface area contributed by atoms with Crippen LogP contribution >= 0.6 is 0 Å². The topological polar surface area (TPSA) is 81.5 Å². The molecule has 1 saturated heterocycles. The van der Waals surface area contributed by atoms with E-state index >= 15 is 0 Å². The molecule has 26 heavy (non-hydrogen) atoms. The van der Waals surface area contributed by atoms with Crippen LogP contribution in [0, 0.1) is 11.3 Å². The Hall–Kier alpha value is -2.69. The van der Waals surface area contributed by atoms with Crippen LogP contribution in [0.1, 0.15) is 21.5 Å². The van der Waals surface area contributed by atoms with Crippen LogP contribution in [0.5, 0.6) is 0 Å². The molecule has 0 radical (unpaired) electrons. The monoisotopic (exact) mass is 369 g/mol. The van der Waals surface area contributed by atoms with Crippen LogP contribution in [-0.4, -0.2) is 49.7 Å². The third kappa shape index (κ3) is 4.10. The zero-order valence-corrected chi connectivity index (χ0v) is 15.0. The van der Waals surface area contributed by atoms with E-state index in [0.717, 1.165) is 5.56 Å². The molecule has 1 aliphatic heterocycles. The maximum absolute atomic E-state index is 12.6. The molecular weight excluding hydrogens is 350 g/mol. The molecule has 3 rings (SSSR count). The third-order valence-electron chi connectivity index (χ3n) is 4.37. The second-order valence-electron chi connectivity index (χ2n) is 6.12. The average molecular weight is 369 g/mol. The van der Waals surface area contributed by atoms with Gasteiger partial charge in [-0.3, -0.25) is 4.79 Å². The molecule has 7 heteroatoms. The lowest BCUT2D eigenvalue weighted by atomic mass is 10.1. The molecule has 134 valence electrons. The highest BCUT2D eigenvalue weighted by atomic mass is 32.2. The van der Waals surface area contributed by atoms with Gasteiger partial charge in [0.15, 0.2) is 0 Å². The van der Waals surface area contributed by atoms with Crippen LogP contribution in [0.15, 0.2) is 54.6 Å². The molecule has 0 spiro atoms. The van der Waals surface area contributed by atoms with Crippen molar-refractivity contribution in [1.29, 1.82) is 5.26 Å². The van der Waals surface area contributed by atoms with Gasteiger partial charge in [0, 0.05) is 31.7 Å². The molecule has 0 bridgehead atoms. The first-order chi connectivity index (χ1) is 12.5. The van der Waals surface area contributed by atoms with Crippen molar-refractivity contribution in [1.82, 2.24) is 9.21 Å². The van der Waals surface area contributed by atoms with Crippen molar-refractivity contribution in [2.45, 2.75) is 5.75 Å². The number of nitriles is 1. The minimum Gasteiger partial charge on any atom is -0.336 e. The number of carbonyl (C=O) groups is 1. The second kappa shape index (κ2) is 7.68. The first kappa shape index (κ1) is 18.1. The fraction of sp³-hybridized carbons (Fsp3) is 0.263. The van der Waals surface area contributed by atoms with Gasteiger partial charge >= 0.3 is 0 Å². The Kier molecular flexibility index (Phi) is 5.35. The molecule has 2 aromatic rings. The molecule has 0 unspecified atom stereocenters. The summed E-state index contributed by atoms with van der Waals surface area (Å²) in [7, 11) is -3.40. The lowest BCUT2D eigenvalue weighted by molar-refractivity contribution is 0.0698. The number of hydrogen-bond acceptors (Lipinski definition) is 4. The van der Waals surface area contributed by atoms with E-state index in [1.54, 1.807) is 41.3 Å². The van der Waals surface area contributed by atoms with Crippen molar-refractivity contribution in [3.8, 4) is 6.07 Å². The maximum Gasteiger partial charge on any atom is 0.253 e. The molecule has 1 fully saturated rings. The van der Waals surface area contributed by atoms with Gasteiger partial charge in [0.1, 0.15) is 0 Å². The quantitative estimate of drug-likeness (QED) is 0.824. The number of piperazine rings is 1. The van der Waals surface area contributed by atoms with Crippen LogP contribution in [0.4, 0.5) is 0 Å². The molecule has 0 aliphatic carbocycles. The molecule has 1 heterocycles. The van der Waals surface area contributed by atoms with Crippen LogP contribution < -0.4 is 0 Å². The summed E-state index contributed by atoms with van der Waals surface area (Å²) in [6, 6.07) is 17.6. The number of hydrogen-bond donors (Lipinski definition) is 0. The highest BCUT2D eigenvalue weighted by Gasteiger charge is 2.29. The van der Waals surface area contributed by atoms with Crippen LogP contribution in [-0.2, 0) is 15.8 Å². The SMILES string of the molecule is N#Cc1ccc(C(=O)N2CCN(S(=O)(=O)Cc3ccccc3)CC2)cc1. The predicted octanol–water partition coefficient (Wildman–Crippen LogP) is 1.85. The molecule has 2 aromatic carbocycles. The van der Waals surface area contributed by atoms with E-state index in [4.69, 9.17) is 5.26 Å². The van der Waals surface area contributed by atoms with Gasteiger partial charge in [-0.05, 0) is 29.8 Å². The van der Waals surface area contributed by atoms with Crippen molar-refractivity contribution >= 4 is 15.9 Å². The number of amides is 1. The van der Waals surface area contributed by atoms with Gasteiger partial charge in [0.25, 0.3) is 5.91 Å². The molecular formula is C19H19N3O3S. The molecule has 0 saturated carbocycles. The summed E-state index contributed by atoms with van der Waals surface area (Å²) < 4.78 is 26.6. The summed E-state index contributed by atoms with van der Waals surface area (Å²) in [5, 5.41) is 8.82. The molecule has 1 aliphatic rings. The van der Waals surface area contributed by atoms with E-state index in [2.05, 4.69) is 0 Å². The Bertz CT molecular complexity index is 911. The Morgan fingerprint density at radius 2 is 1.58 bits per heavy atom. The van der Waals surface area contributed by atoms with Gasteiger partial charge in [-0.15, -0.1) is 0 Å². The minimum absolute atomic E-state index is 0.0303. The normalized spacial score (nSPS) is 15.4. The number of carbonyl (C=O) groups excluding carboxylic acids is 1. The highest BCUT2D eigenvalue weighted by Crippen LogP contribution is 2.15. The van der Waals surface area contributed by atoms with Gasteiger partial charge in [-0.25, -0.2) is 8.42 Å². The Labute approximate surface area is 153 Å². The molecule has 1 amide bonds. The lowest BCUT2D eigenvalue weighted by Gasteiger charge is -2.34. The summed E-state index contributed by atoms with van der Waals surface area (Å²) >= 11 is 0. The van der Waals surface area contributed by atoms with Gasteiger partial charge in [-0.2, -0.15) is 9.57 Å². The van der Waals surface area contributed by atoms with Crippen molar-refractivity contribution in [3.63, 3.8) is 0 Å². The Balaban J connectivity index is 1.61. The Morgan fingerprint density at radius 3 is 2.15 bits per heavy atom. The maximum atomic E-state index is 12.6. The van der Waals surface area contributed by atoms with E-state index in [0.29, 0.717) is 24.2 Å². The Morgan fingerprint density at radius 1 is 0.962 bits per heavy atom. The number of nitrogens with zero attached hydrogens (tertiary/aromatic N) is 3. The molecule has 6 nitrogen and oxygen atoms in total. The first-order valence-corrected chi connectivity index (χ1v) is 9.92. The predicted molar refractivity (Wildman–Crippen MR) is 97.7 cm³/mol. The van der Waals surface area contributed by atoms with Gasteiger partial charge < -0.3 is 4.90 Å². The zero-order valence-electron chi connectivity index (χ0n) is 14.2. The van der Waals surface area contributed by atoms with Crippen molar-refractivity contribution in [2.24, 2.45) is 0 Å². The van der Waals surface area contributed by atoms with Gasteiger partial charge in [-0.1, -0.05) is 30.3 Å². The van der Waals surface area contributed by atoms with Gasteiger partial charge in [0.2, 0.25) is 10.0 Å². The largest absolute Gasteiger partial charge is 0.336 e. The first-order valence-electron chi connectivity index (χ1n) is 8.31. The highest BCUT2D eigenvalue weighted by molar-refractivity contribution is 7.88. The number of benzene rings is 2. The van der Waals surface area contributed by atoms with Crippen LogP contribution in [0.3, 0.4) is 0 Å². The minimum atomic E-state index is -3.40. The van der Waals surface area contributed by atoms with E-state index in [1.165, 1.54) is 4.31 Å². The molecule has 0 aromatic heterocycles. The summed E-state index contributed by atoms with van der Waals surface area (Å²) in [5.74, 6) is -0.174.